The molecule has 0 aliphatic rings. The minimum atomic E-state index is 1.01. The van der Waals surface area contributed by atoms with E-state index in [0.717, 1.165) is 24.4 Å². The van der Waals surface area contributed by atoms with Gasteiger partial charge in [0.15, 0.2) is 0 Å². The number of nitrogens with zero attached hydrogens (tertiary/aromatic N) is 1. The Kier molecular flexibility index (Phi) is 3.05. The lowest BCUT2D eigenvalue weighted by molar-refractivity contribution is -0.595. The summed E-state index contributed by atoms with van der Waals surface area (Å²) in [5.41, 5.74) is 2.25. The fourth-order valence-corrected chi connectivity index (χ4v) is 0.989. The first-order valence-electron chi connectivity index (χ1n) is 3.86. The molecule has 0 radical (unpaired) electrons. The van der Waals surface area contributed by atoms with Crippen LogP contribution in [-0.4, -0.2) is 11.5 Å². The third-order valence-corrected chi connectivity index (χ3v) is 1.55. The van der Waals surface area contributed by atoms with Crippen LogP contribution in [-0.2, 0) is 6.42 Å². The van der Waals surface area contributed by atoms with Crippen LogP contribution < -0.4 is 5.32 Å². The van der Waals surface area contributed by atoms with E-state index in [1.54, 1.807) is 0 Å². The van der Waals surface area contributed by atoms with Gasteiger partial charge in [-0.05, 0) is 19.1 Å². The van der Waals surface area contributed by atoms with Gasteiger partial charge in [0.2, 0.25) is 0 Å². The lowest BCUT2D eigenvalue weighted by Crippen LogP contribution is -2.77. The van der Waals surface area contributed by atoms with Crippen LogP contribution in [0, 0.1) is 14.0 Å². The maximum Gasteiger partial charge on any atom is 0.0571 e. The molecule has 0 bridgehead atoms. The molecule has 0 unspecified atom stereocenters. The van der Waals surface area contributed by atoms with E-state index in [9.17, 15) is 0 Å². The predicted octanol–water partition coefficient (Wildman–Crippen LogP) is 0.288. The number of aryl methyl sites for hydroxylation is 1. The van der Waals surface area contributed by atoms with Crippen LogP contribution in [0.3, 0.4) is 0 Å². The molecule has 0 aromatic carbocycles. The zero-order valence-electron chi connectivity index (χ0n) is 6.88. The van der Waals surface area contributed by atoms with Gasteiger partial charge in [-0.2, -0.15) is 7.05 Å². The summed E-state index contributed by atoms with van der Waals surface area (Å²) in [5, 5.41) is 1.92. The number of nitrogens with two attached hydrogens (primary N) is 1. The van der Waals surface area contributed by atoms with Crippen LogP contribution >= 0.6 is 0 Å². The first-order valence-corrected chi connectivity index (χ1v) is 3.86. The monoisotopic (exact) mass is 150 g/mol. The summed E-state index contributed by atoms with van der Waals surface area (Å²) in [4.78, 5) is 4.36. The van der Waals surface area contributed by atoms with E-state index in [1.165, 1.54) is 0 Å². The van der Waals surface area contributed by atoms with Crippen molar-refractivity contribution < 1.29 is 5.32 Å². The van der Waals surface area contributed by atoms with Gasteiger partial charge in [0.1, 0.15) is 0 Å². The third-order valence-electron chi connectivity index (χ3n) is 1.55. The molecule has 1 heterocycles. The van der Waals surface area contributed by atoms with Gasteiger partial charge in [0, 0.05) is 17.8 Å². The molecule has 0 saturated carbocycles. The Labute approximate surface area is 67.7 Å². The highest BCUT2D eigenvalue weighted by atomic mass is 14.8. The Morgan fingerprint density at radius 2 is 2.36 bits per heavy atom. The molecule has 1 aromatic rings. The molecule has 0 fully saturated rings. The molecule has 1 rings (SSSR count). The van der Waals surface area contributed by atoms with Crippen molar-refractivity contribution in [3.8, 4) is 0 Å². The molecule has 60 valence electrons. The second-order valence-electron chi connectivity index (χ2n) is 2.60. The quantitative estimate of drug-likeness (QED) is 0.616. The molecular weight excluding hydrogens is 136 g/mol. The highest BCUT2D eigenvalue weighted by Gasteiger charge is 1.92. The van der Waals surface area contributed by atoms with Gasteiger partial charge in [-0.1, -0.05) is 6.07 Å². The molecule has 0 saturated heterocycles. The first kappa shape index (κ1) is 8.21. The van der Waals surface area contributed by atoms with Gasteiger partial charge in [-0.25, -0.2) is 0 Å². The Hall–Kier alpha value is -0.890. The number of rotatable bonds is 3. The number of hydrogen-bond acceptors (Lipinski definition) is 1. The molecule has 2 N–H and O–H groups in total. The van der Waals surface area contributed by atoms with Crippen molar-refractivity contribution in [3.05, 3.63) is 36.6 Å². The first-order chi connectivity index (χ1) is 5.33. The van der Waals surface area contributed by atoms with Crippen LogP contribution in [0.4, 0.5) is 0 Å². The molecule has 11 heavy (non-hydrogen) atoms. The maximum atomic E-state index is 4.36. The smallest absolute Gasteiger partial charge is 0.0571 e. The van der Waals surface area contributed by atoms with Crippen molar-refractivity contribution in [2.45, 2.75) is 13.3 Å². The molecule has 0 aliphatic heterocycles. The molecule has 0 spiro atoms. The van der Waals surface area contributed by atoms with Crippen molar-refractivity contribution in [2.24, 2.45) is 0 Å². The second kappa shape index (κ2) is 4.09. The largest absolute Gasteiger partial charge is 0.479 e. The zero-order chi connectivity index (χ0) is 8.10. The molecular formula is C9H14N2. The molecule has 2 heteroatoms. The Balaban J connectivity index is 2.56. The molecule has 0 aliphatic carbocycles. The number of aromatic nitrogens is 1. The minimum Gasteiger partial charge on any atom is -0.479 e. The van der Waals surface area contributed by atoms with Gasteiger partial charge >= 0.3 is 0 Å². The zero-order valence-corrected chi connectivity index (χ0v) is 6.88. The van der Waals surface area contributed by atoms with E-state index < -0.39 is 0 Å². The average Bonchev–Trinajstić information content (AvgIpc) is 2.01. The van der Waals surface area contributed by atoms with Gasteiger partial charge in [0.25, 0.3) is 0 Å². The van der Waals surface area contributed by atoms with E-state index in [4.69, 9.17) is 0 Å². The van der Waals surface area contributed by atoms with Crippen LogP contribution in [0.5, 0.6) is 0 Å². The fourth-order valence-electron chi connectivity index (χ4n) is 0.989. The summed E-state index contributed by atoms with van der Waals surface area (Å²) in [6, 6.07) is 6.11. The van der Waals surface area contributed by atoms with E-state index >= 15 is 0 Å². The lowest BCUT2D eigenvalue weighted by Gasteiger charge is -2.00. The summed E-state index contributed by atoms with van der Waals surface area (Å²) < 4.78 is 0. The maximum absolute atomic E-state index is 4.36. The Morgan fingerprint density at radius 1 is 1.55 bits per heavy atom. The normalized spacial score (nSPS) is 10.0. The van der Waals surface area contributed by atoms with Gasteiger partial charge < -0.3 is 5.32 Å². The van der Waals surface area contributed by atoms with E-state index in [-0.39, 0.29) is 0 Å². The van der Waals surface area contributed by atoms with Gasteiger partial charge in [-0.3, -0.25) is 4.98 Å². The van der Waals surface area contributed by atoms with E-state index in [1.807, 2.05) is 24.4 Å². The van der Waals surface area contributed by atoms with Gasteiger partial charge in [0.05, 0.1) is 6.54 Å². The second-order valence-corrected chi connectivity index (χ2v) is 2.60. The van der Waals surface area contributed by atoms with Crippen molar-refractivity contribution >= 4 is 0 Å². The summed E-state index contributed by atoms with van der Waals surface area (Å²) in [6.45, 7) is 3.02. The van der Waals surface area contributed by atoms with Crippen LogP contribution in [0.2, 0.25) is 0 Å². The predicted molar refractivity (Wildman–Crippen MR) is 44.8 cm³/mol. The summed E-state index contributed by atoms with van der Waals surface area (Å²) in [7, 11) is 3.67. The van der Waals surface area contributed by atoms with Crippen LogP contribution in [0.1, 0.15) is 11.4 Å². The SMILES string of the molecule is [CH2-][NH2+]CCc1cccc(C)n1. The standard InChI is InChI=1S/C9H14N2/c1-8-4-3-5-9(11-8)6-7-10-2/h3-5H,2,6-7,10H2,1H3. The summed E-state index contributed by atoms with van der Waals surface area (Å²) in [5.74, 6) is 0. The summed E-state index contributed by atoms with van der Waals surface area (Å²) >= 11 is 0. The molecule has 0 amide bonds. The molecule has 2 nitrogen and oxygen atoms in total. The van der Waals surface area contributed by atoms with E-state index in [2.05, 4.69) is 18.1 Å². The number of hydrogen-bond donors (Lipinski definition) is 1. The summed E-state index contributed by atoms with van der Waals surface area (Å²) in [6.07, 6.45) is 1.01. The lowest BCUT2D eigenvalue weighted by atomic mass is 10.2. The van der Waals surface area contributed by atoms with Gasteiger partial charge in [-0.15, -0.1) is 0 Å². The minimum absolute atomic E-state index is 1.01. The van der Waals surface area contributed by atoms with Crippen molar-refractivity contribution in [1.29, 1.82) is 0 Å². The van der Waals surface area contributed by atoms with Crippen molar-refractivity contribution in [2.75, 3.05) is 6.54 Å². The van der Waals surface area contributed by atoms with Crippen molar-refractivity contribution in [1.82, 2.24) is 4.98 Å². The fraction of sp³-hybridized carbons (Fsp3) is 0.333. The molecule has 0 atom stereocenters. The number of quaternary nitrogens is 1. The number of pyridine rings is 1. The third kappa shape index (κ3) is 2.68. The Bertz CT molecular complexity index is 221. The van der Waals surface area contributed by atoms with Crippen molar-refractivity contribution in [3.63, 3.8) is 0 Å². The Morgan fingerprint density at radius 3 is 3.00 bits per heavy atom. The topological polar surface area (TPSA) is 29.5 Å². The average molecular weight is 150 g/mol. The van der Waals surface area contributed by atoms with Crippen LogP contribution in [0.15, 0.2) is 18.2 Å². The van der Waals surface area contributed by atoms with Crippen LogP contribution in [0.25, 0.3) is 0 Å². The highest BCUT2D eigenvalue weighted by Crippen LogP contribution is 1.97. The van der Waals surface area contributed by atoms with E-state index in [0.29, 0.717) is 0 Å². The highest BCUT2D eigenvalue weighted by molar-refractivity contribution is 5.09. The molecule has 1 aromatic heterocycles.